The average Bonchev–Trinajstić information content (AvgIpc) is 2.94. The number of esters is 1. The van der Waals surface area contributed by atoms with Gasteiger partial charge in [-0.15, -0.1) is 0 Å². The lowest BCUT2D eigenvalue weighted by Crippen LogP contribution is -2.30. The summed E-state index contributed by atoms with van der Waals surface area (Å²) in [6, 6.07) is 19.6. The van der Waals surface area contributed by atoms with Gasteiger partial charge in [-0.05, 0) is 31.5 Å². The normalized spacial score (nSPS) is 23.7. The predicted octanol–water partition coefficient (Wildman–Crippen LogP) is 3.75. The molecule has 1 aliphatic rings. The summed E-state index contributed by atoms with van der Waals surface area (Å²) < 4.78 is 5.29. The third-order valence-electron chi connectivity index (χ3n) is 4.09. The van der Waals surface area contributed by atoms with Gasteiger partial charge in [-0.2, -0.15) is 0 Å². The Labute approximate surface area is 136 Å². The molecule has 0 aliphatic carbocycles. The maximum absolute atomic E-state index is 12.5. The molecule has 0 radical (unpaired) electrons. The van der Waals surface area contributed by atoms with Gasteiger partial charge in [-0.25, -0.2) is 5.06 Å². The summed E-state index contributed by atoms with van der Waals surface area (Å²) in [6.07, 6.45) is -0.250. The fourth-order valence-electron chi connectivity index (χ4n) is 3.06. The molecule has 0 amide bonds. The van der Waals surface area contributed by atoms with Gasteiger partial charge in [0.25, 0.3) is 0 Å². The fourth-order valence-corrected chi connectivity index (χ4v) is 3.06. The summed E-state index contributed by atoms with van der Waals surface area (Å²) in [6.45, 7) is 4.11. The molecule has 1 heterocycles. The standard InChI is InChI=1S/C19H21NO3/c1-3-22-19(21)17-14(2)23-20(16-12-8-5-9-13-16)18(17)15-10-6-4-7-11-15/h4-14,17-18H,3H2,1-2H3/t14-,17-,18+/m1/s1. The first kappa shape index (κ1) is 15.6. The number of rotatable bonds is 4. The molecule has 0 aromatic heterocycles. The fraction of sp³-hybridized carbons (Fsp3) is 0.316. The van der Waals surface area contributed by atoms with Crippen LogP contribution in [0.3, 0.4) is 0 Å². The summed E-state index contributed by atoms with van der Waals surface area (Å²) in [5.41, 5.74) is 1.97. The van der Waals surface area contributed by atoms with Crippen LogP contribution in [0.25, 0.3) is 0 Å². The van der Waals surface area contributed by atoms with Crippen molar-refractivity contribution in [3.05, 3.63) is 66.2 Å². The number of para-hydroxylation sites is 1. The highest BCUT2D eigenvalue weighted by atomic mass is 16.7. The van der Waals surface area contributed by atoms with Crippen LogP contribution in [0.5, 0.6) is 0 Å². The largest absolute Gasteiger partial charge is 0.466 e. The highest BCUT2D eigenvalue weighted by Gasteiger charge is 2.47. The van der Waals surface area contributed by atoms with E-state index in [-0.39, 0.29) is 24.0 Å². The first-order valence-corrected chi connectivity index (χ1v) is 7.95. The van der Waals surface area contributed by atoms with Gasteiger partial charge in [0.05, 0.1) is 24.4 Å². The van der Waals surface area contributed by atoms with Gasteiger partial charge in [0, 0.05) is 0 Å². The Balaban J connectivity index is 2.01. The minimum absolute atomic E-state index is 0.201. The molecule has 4 heteroatoms. The molecular weight excluding hydrogens is 290 g/mol. The number of benzene rings is 2. The lowest BCUT2D eigenvalue weighted by atomic mass is 9.90. The smallest absolute Gasteiger partial charge is 0.314 e. The molecular formula is C19H21NO3. The summed E-state index contributed by atoms with van der Waals surface area (Å²) in [5.74, 6) is -0.579. The molecule has 120 valence electrons. The number of carbonyl (C=O) groups excluding carboxylic acids is 1. The summed E-state index contributed by atoms with van der Waals surface area (Å²) in [5, 5.41) is 1.83. The van der Waals surface area contributed by atoms with Crippen molar-refractivity contribution in [3.63, 3.8) is 0 Å². The molecule has 1 aliphatic heterocycles. The van der Waals surface area contributed by atoms with Crippen molar-refractivity contribution in [2.45, 2.75) is 26.0 Å². The van der Waals surface area contributed by atoms with Crippen molar-refractivity contribution in [2.24, 2.45) is 5.92 Å². The van der Waals surface area contributed by atoms with Gasteiger partial charge in [-0.3, -0.25) is 9.63 Å². The van der Waals surface area contributed by atoms with Gasteiger partial charge in [0.1, 0.15) is 5.92 Å². The number of hydrogen-bond acceptors (Lipinski definition) is 4. The molecule has 23 heavy (non-hydrogen) atoms. The predicted molar refractivity (Wildman–Crippen MR) is 88.8 cm³/mol. The number of carbonyl (C=O) groups is 1. The van der Waals surface area contributed by atoms with Crippen molar-refractivity contribution < 1.29 is 14.4 Å². The second kappa shape index (κ2) is 6.84. The minimum atomic E-state index is -0.363. The highest BCUT2D eigenvalue weighted by Crippen LogP contribution is 2.42. The zero-order valence-corrected chi connectivity index (χ0v) is 13.4. The molecule has 2 aromatic rings. The van der Waals surface area contributed by atoms with Gasteiger partial charge in [-0.1, -0.05) is 48.5 Å². The maximum Gasteiger partial charge on any atom is 0.314 e. The molecule has 0 N–H and O–H groups in total. The molecule has 0 bridgehead atoms. The van der Waals surface area contributed by atoms with Crippen LogP contribution in [0.4, 0.5) is 5.69 Å². The number of hydrogen-bond donors (Lipinski definition) is 0. The van der Waals surface area contributed by atoms with Gasteiger partial charge >= 0.3 is 5.97 Å². The highest BCUT2D eigenvalue weighted by molar-refractivity contribution is 5.76. The third kappa shape index (κ3) is 3.08. The Hall–Kier alpha value is -2.33. The zero-order chi connectivity index (χ0) is 16.2. The molecule has 0 saturated carbocycles. The Morgan fingerprint density at radius 3 is 2.30 bits per heavy atom. The van der Waals surface area contributed by atoms with E-state index >= 15 is 0 Å². The van der Waals surface area contributed by atoms with Crippen molar-refractivity contribution in [3.8, 4) is 0 Å². The SMILES string of the molecule is CCOC(=O)[C@@H]1[C@@H](C)ON(c2ccccc2)[C@H]1c1ccccc1. The van der Waals surface area contributed by atoms with Crippen molar-refractivity contribution in [1.82, 2.24) is 0 Å². The first-order valence-electron chi connectivity index (χ1n) is 7.95. The van der Waals surface area contributed by atoms with E-state index in [9.17, 15) is 4.79 Å². The number of anilines is 1. The quantitative estimate of drug-likeness (QED) is 0.806. The number of ether oxygens (including phenoxy) is 1. The van der Waals surface area contributed by atoms with Crippen molar-refractivity contribution in [2.75, 3.05) is 11.7 Å². The van der Waals surface area contributed by atoms with Crippen LogP contribution in [0.1, 0.15) is 25.5 Å². The van der Waals surface area contributed by atoms with Crippen LogP contribution in [-0.4, -0.2) is 18.7 Å². The van der Waals surface area contributed by atoms with Gasteiger partial charge in [0.15, 0.2) is 0 Å². The second-order valence-electron chi connectivity index (χ2n) is 5.61. The minimum Gasteiger partial charge on any atom is -0.466 e. The average molecular weight is 311 g/mol. The maximum atomic E-state index is 12.5. The molecule has 3 atom stereocenters. The van der Waals surface area contributed by atoms with Crippen LogP contribution in [0.2, 0.25) is 0 Å². The lowest BCUT2D eigenvalue weighted by Gasteiger charge is -2.26. The number of nitrogens with zero attached hydrogens (tertiary/aromatic N) is 1. The molecule has 3 rings (SSSR count). The molecule has 0 spiro atoms. The van der Waals surface area contributed by atoms with Gasteiger partial charge < -0.3 is 4.74 Å². The Bertz CT molecular complexity index is 644. The van der Waals surface area contributed by atoms with Crippen molar-refractivity contribution >= 4 is 11.7 Å². The lowest BCUT2D eigenvalue weighted by molar-refractivity contribution is -0.149. The molecule has 4 nitrogen and oxygen atoms in total. The summed E-state index contributed by atoms with van der Waals surface area (Å²) in [4.78, 5) is 18.5. The topological polar surface area (TPSA) is 38.8 Å². The van der Waals surface area contributed by atoms with E-state index in [4.69, 9.17) is 9.57 Å². The van der Waals surface area contributed by atoms with Crippen LogP contribution in [-0.2, 0) is 14.4 Å². The van der Waals surface area contributed by atoms with E-state index in [2.05, 4.69) is 0 Å². The monoisotopic (exact) mass is 311 g/mol. The van der Waals surface area contributed by atoms with E-state index in [1.165, 1.54) is 0 Å². The molecule has 0 unspecified atom stereocenters. The van der Waals surface area contributed by atoms with E-state index in [0.717, 1.165) is 11.3 Å². The molecule has 1 fully saturated rings. The Morgan fingerprint density at radius 1 is 1.09 bits per heavy atom. The summed E-state index contributed by atoms with van der Waals surface area (Å²) >= 11 is 0. The Morgan fingerprint density at radius 2 is 1.70 bits per heavy atom. The van der Waals surface area contributed by atoms with Crippen LogP contribution in [0, 0.1) is 5.92 Å². The number of hydroxylamine groups is 1. The third-order valence-corrected chi connectivity index (χ3v) is 4.09. The molecule has 1 saturated heterocycles. The van der Waals surface area contributed by atoms with Gasteiger partial charge in [0.2, 0.25) is 0 Å². The summed E-state index contributed by atoms with van der Waals surface area (Å²) in [7, 11) is 0. The van der Waals surface area contributed by atoms with Crippen LogP contribution < -0.4 is 5.06 Å². The van der Waals surface area contributed by atoms with Crippen LogP contribution in [0.15, 0.2) is 60.7 Å². The van der Waals surface area contributed by atoms with Crippen molar-refractivity contribution in [1.29, 1.82) is 0 Å². The second-order valence-corrected chi connectivity index (χ2v) is 5.61. The van der Waals surface area contributed by atoms with E-state index < -0.39 is 0 Å². The van der Waals surface area contributed by atoms with E-state index in [0.29, 0.717) is 6.61 Å². The van der Waals surface area contributed by atoms with Crippen LogP contribution >= 0.6 is 0 Å². The van der Waals surface area contributed by atoms with E-state index in [1.807, 2.05) is 79.6 Å². The van der Waals surface area contributed by atoms with E-state index in [1.54, 1.807) is 0 Å². The molecule has 2 aromatic carbocycles. The first-order chi connectivity index (χ1) is 11.2. The zero-order valence-electron chi connectivity index (χ0n) is 13.4. The Kier molecular flexibility index (Phi) is 4.63.